The van der Waals surface area contributed by atoms with Crippen LogP contribution in [-0.2, 0) is 5.41 Å². The van der Waals surface area contributed by atoms with E-state index in [1.807, 2.05) is 72.8 Å². The topological polar surface area (TPSA) is 0 Å². The van der Waals surface area contributed by atoms with Crippen LogP contribution in [0.5, 0.6) is 0 Å². The molecule has 0 atom stereocenters. The summed E-state index contributed by atoms with van der Waals surface area (Å²) in [5.41, 5.74) is 4.08. The van der Waals surface area contributed by atoms with Crippen LogP contribution in [-0.4, -0.2) is 0 Å². The molecule has 3 rings (SSSR count). The van der Waals surface area contributed by atoms with Gasteiger partial charge >= 0.3 is 0 Å². The van der Waals surface area contributed by atoms with Crippen LogP contribution in [0.2, 0.25) is 0 Å². The molecule has 0 aromatic heterocycles. The molecular weight excluding hydrogens is 283 g/mol. The summed E-state index contributed by atoms with van der Waals surface area (Å²) in [5, 5.41) is 0. The summed E-state index contributed by atoms with van der Waals surface area (Å²) in [6, 6.07) is 23.7. The standard InChI is InChI=1S/C22H21F/c1-22(2,3)20-18(16-10-6-4-7-11-16)14-15-19(21(20)23)17-12-8-5-9-13-17/h4-15H,1-3H3. The maximum Gasteiger partial charge on any atom is 0.135 e. The zero-order valence-corrected chi connectivity index (χ0v) is 13.8. The predicted molar refractivity (Wildman–Crippen MR) is 96.0 cm³/mol. The van der Waals surface area contributed by atoms with E-state index < -0.39 is 0 Å². The lowest BCUT2D eigenvalue weighted by atomic mass is 9.79. The molecule has 116 valence electrons. The molecule has 0 saturated carbocycles. The molecule has 3 aromatic rings. The van der Waals surface area contributed by atoms with Crippen molar-refractivity contribution in [3.8, 4) is 22.3 Å². The minimum absolute atomic E-state index is 0.120. The summed E-state index contributed by atoms with van der Waals surface area (Å²) < 4.78 is 15.4. The van der Waals surface area contributed by atoms with E-state index in [-0.39, 0.29) is 11.2 Å². The van der Waals surface area contributed by atoms with Gasteiger partial charge in [0.25, 0.3) is 0 Å². The second-order valence-electron chi connectivity index (χ2n) is 6.83. The fraction of sp³-hybridized carbons (Fsp3) is 0.182. The van der Waals surface area contributed by atoms with Crippen LogP contribution in [0.1, 0.15) is 26.3 Å². The van der Waals surface area contributed by atoms with Crippen LogP contribution < -0.4 is 0 Å². The molecule has 0 bridgehead atoms. The molecule has 0 saturated heterocycles. The molecule has 0 aliphatic carbocycles. The van der Waals surface area contributed by atoms with Crippen LogP contribution in [0, 0.1) is 5.82 Å². The van der Waals surface area contributed by atoms with E-state index in [0.29, 0.717) is 5.56 Å². The zero-order valence-electron chi connectivity index (χ0n) is 13.8. The van der Waals surface area contributed by atoms with Crippen molar-refractivity contribution in [3.63, 3.8) is 0 Å². The van der Waals surface area contributed by atoms with Gasteiger partial charge in [0.1, 0.15) is 5.82 Å². The number of rotatable bonds is 2. The largest absolute Gasteiger partial charge is 0.206 e. The van der Waals surface area contributed by atoms with Gasteiger partial charge in [-0.25, -0.2) is 4.39 Å². The van der Waals surface area contributed by atoms with Crippen LogP contribution in [0.15, 0.2) is 72.8 Å². The molecule has 23 heavy (non-hydrogen) atoms. The summed E-state index contributed by atoms with van der Waals surface area (Å²) in [6.45, 7) is 6.19. The molecule has 0 nitrogen and oxygen atoms in total. The lowest BCUT2D eigenvalue weighted by Crippen LogP contribution is -2.16. The molecular formula is C22H21F. The average Bonchev–Trinajstić information content (AvgIpc) is 2.55. The van der Waals surface area contributed by atoms with E-state index in [2.05, 4.69) is 20.8 Å². The van der Waals surface area contributed by atoms with Crippen molar-refractivity contribution in [1.29, 1.82) is 0 Å². The highest BCUT2D eigenvalue weighted by atomic mass is 19.1. The van der Waals surface area contributed by atoms with E-state index in [9.17, 15) is 0 Å². The van der Waals surface area contributed by atoms with Crippen LogP contribution in [0.25, 0.3) is 22.3 Å². The maximum atomic E-state index is 15.4. The molecule has 0 fully saturated rings. The van der Waals surface area contributed by atoms with Crippen molar-refractivity contribution in [2.75, 3.05) is 0 Å². The van der Waals surface area contributed by atoms with Crippen molar-refractivity contribution in [3.05, 3.63) is 84.2 Å². The smallest absolute Gasteiger partial charge is 0.135 e. The monoisotopic (exact) mass is 304 g/mol. The van der Waals surface area contributed by atoms with Gasteiger partial charge in [0, 0.05) is 11.1 Å². The van der Waals surface area contributed by atoms with Crippen molar-refractivity contribution in [2.24, 2.45) is 0 Å². The molecule has 0 N–H and O–H groups in total. The number of halogens is 1. The Morgan fingerprint density at radius 2 is 1.04 bits per heavy atom. The highest BCUT2D eigenvalue weighted by Gasteiger charge is 2.25. The Morgan fingerprint density at radius 3 is 1.52 bits per heavy atom. The third kappa shape index (κ3) is 3.05. The van der Waals surface area contributed by atoms with Crippen LogP contribution in [0.3, 0.4) is 0 Å². The SMILES string of the molecule is CC(C)(C)c1c(-c2ccccc2)ccc(-c2ccccc2)c1F. The summed E-state index contributed by atoms with van der Waals surface area (Å²) in [7, 11) is 0. The van der Waals surface area contributed by atoms with E-state index in [0.717, 1.165) is 22.3 Å². The van der Waals surface area contributed by atoms with E-state index in [1.165, 1.54) is 0 Å². The highest BCUT2D eigenvalue weighted by molar-refractivity contribution is 5.75. The third-order valence-corrected chi connectivity index (χ3v) is 4.06. The first-order chi connectivity index (χ1) is 11.0. The van der Waals surface area contributed by atoms with E-state index in [4.69, 9.17) is 0 Å². The second-order valence-corrected chi connectivity index (χ2v) is 6.83. The number of benzene rings is 3. The van der Waals surface area contributed by atoms with Crippen LogP contribution >= 0.6 is 0 Å². The molecule has 3 aromatic carbocycles. The molecule has 0 radical (unpaired) electrons. The number of hydrogen-bond donors (Lipinski definition) is 0. The lowest BCUT2D eigenvalue weighted by molar-refractivity contribution is 0.526. The van der Waals surface area contributed by atoms with Gasteiger partial charge in [-0.3, -0.25) is 0 Å². The van der Waals surface area contributed by atoms with Gasteiger partial charge in [-0.1, -0.05) is 93.6 Å². The van der Waals surface area contributed by atoms with Crippen LogP contribution in [0.4, 0.5) is 4.39 Å². The van der Waals surface area contributed by atoms with Crippen molar-refractivity contribution >= 4 is 0 Å². The first kappa shape index (κ1) is 15.5. The van der Waals surface area contributed by atoms with Gasteiger partial charge in [-0.15, -0.1) is 0 Å². The lowest BCUT2D eigenvalue weighted by Gasteiger charge is -2.25. The van der Waals surface area contributed by atoms with Gasteiger partial charge in [0.05, 0.1) is 0 Å². The van der Waals surface area contributed by atoms with Gasteiger partial charge in [0.15, 0.2) is 0 Å². The summed E-state index contributed by atoms with van der Waals surface area (Å²) >= 11 is 0. The Labute approximate surface area is 137 Å². The first-order valence-electron chi connectivity index (χ1n) is 7.92. The van der Waals surface area contributed by atoms with Crippen molar-refractivity contribution in [2.45, 2.75) is 26.2 Å². The molecule has 0 aliphatic heterocycles. The summed E-state index contributed by atoms with van der Waals surface area (Å²) in [5.74, 6) is -0.120. The Bertz CT molecular complexity index is 797. The maximum absolute atomic E-state index is 15.4. The van der Waals surface area contributed by atoms with E-state index >= 15 is 4.39 Å². The minimum Gasteiger partial charge on any atom is -0.206 e. The fourth-order valence-corrected chi connectivity index (χ4v) is 3.01. The molecule has 0 unspecified atom stereocenters. The molecule has 0 spiro atoms. The first-order valence-corrected chi connectivity index (χ1v) is 7.92. The molecule has 1 heteroatoms. The fourth-order valence-electron chi connectivity index (χ4n) is 3.01. The average molecular weight is 304 g/mol. The Balaban J connectivity index is 2.27. The van der Waals surface area contributed by atoms with Gasteiger partial charge in [0.2, 0.25) is 0 Å². The quantitative estimate of drug-likeness (QED) is 0.510. The zero-order chi connectivity index (χ0) is 16.4. The normalized spacial score (nSPS) is 11.5. The van der Waals surface area contributed by atoms with Gasteiger partial charge < -0.3 is 0 Å². The second kappa shape index (κ2) is 6.00. The molecule has 0 aliphatic rings. The number of hydrogen-bond acceptors (Lipinski definition) is 0. The Kier molecular flexibility index (Phi) is 4.04. The van der Waals surface area contributed by atoms with Gasteiger partial charge in [-0.05, 0) is 22.1 Å². The summed E-state index contributed by atoms with van der Waals surface area (Å²) in [4.78, 5) is 0. The molecule has 0 amide bonds. The minimum atomic E-state index is -0.278. The Morgan fingerprint density at radius 1 is 0.609 bits per heavy atom. The van der Waals surface area contributed by atoms with Crippen molar-refractivity contribution in [1.82, 2.24) is 0 Å². The Hall–Kier alpha value is -2.41. The predicted octanol–water partition coefficient (Wildman–Crippen LogP) is 6.46. The van der Waals surface area contributed by atoms with E-state index in [1.54, 1.807) is 0 Å². The third-order valence-electron chi connectivity index (χ3n) is 4.06. The summed E-state index contributed by atoms with van der Waals surface area (Å²) in [6.07, 6.45) is 0. The van der Waals surface area contributed by atoms with Gasteiger partial charge in [-0.2, -0.15) is 0 Å². The molecule has 0 heterocycles. The highest BCUT2D eigenvalue weighted by Crippen LogP contribution is 2.39. The van der Waals surface area contributed by atoms with Crippen molar-refractivity contribution < 1.29 is 4.39 Å².